The van der Waals surface area contributed by atoms with Crippen molar-refractivity contribution in [1.29, 1.82) is 0 Å². The number of allylic oxidation sites excluding steroid dienone is 1. The Bertz CT molecular complexity index is 284. The molecular formula is C16H28O4. The maximum absolute atomic E-state index is 10.8. The molecule has 1 N–H and O–H groups in total. The summed E-state index contributed by atoms with van der Waals surface area (Å²) in [6, 6.07) is 0. The normalized spacial score (nSPS) is 10.8. The van der Waals surface area contributed by atoms with Gasteiger partial charge >= 0.3 is 11.9 Å². The summed E-state index contributed by atoms with van der Waals surface area (Å²) in [7, 11) is 1.38. The van der Waals surface area contributed by atoms with Crippen LogP contribution in [0, 0.1) is 0 Å². The van der Waals surface area contributed by atoms with Crippen LogP contribution in [0.2, 0.25) is 0 Å². The molecule has 0 fully saturated rings. The largest absolute Gasteiger partial charge is 0.481 e. The van der Waals surface area contributed by atoms with Crippen molar-refractivity contribution in [2.24, 2.45) is 0 Å². The van der Waals surface area contributed by atoms with Gasteiger partial charge in [0.25, 0.3) is 0 Å². The summed E-state index contributed by atoms with van der Waals surface area (Å²) < 4.78 is 4.50. The minimum atomic E-state index is -0.689. The highest BCUT2D eigenvalue weighted by Gasteiger charge is 1.96. The van der Waals surface area contributed by atoms with Crippen molar-refractivity contribution in [3.05, 3.63) is 12.2 Å². The highest BCUT2D eigenvalue weighted by molar-refractivity contribution is 5.81. The van der Waals surface area contributed by atoms with Crippen LogP contribution in [0.3, 0.4) is 0 Å². The fraction of sp³-hybridized carbons (Fsp3) is 0.750. The molecule has 4 heteroatoms. The van der Waals surface area contributed by atoms with E-state index in [2.05, 4.69) is 4.74 Å². The zero-order valence-corrected chi connectivity index (χ0v) is 12.6. The molecule has 0 amide bonds. The van der Waals surface area contributed by atoms with E-state index < -0.39 is 5.97 Å². The Morgan fingerprint density at radius 2 is 1.40 bits per heavy atom. The average molecular weight is 284 g/mol. The van der Waals surface area contributed by atoms with Crippen molar-refractivity contribution < 1.29 is 19.4 Å². The van der Waals surface area contributed by atoms with E-state index in [1.54, 1.807) is 0 Å². The molecule has 0 heterocycles. The summed E-state index contributed by atoms with van der Waals surface area (Å²) in [4.78, 5) is 21.1. The lowest BCUT2D eigenvalue weighted by atomic mass is 10.1. The number of carboxylic acids is 1. The van der Waals surface area contributed by atoms with Crippen LogP contribution in [-0.2, 0) is 14.3 Å². The summed E-state index contributed by atoms with van der Waals surface area (Å²) in [6.07, 6.45) is 14.8. The first kappa shape index (κ1) is 18.7. The zero-order valence-electron chi connectivity index (χ0n) is 12.6. The van der Waals surface area contributed by atoms with Gasteiger partial charge in [-0.05, 0) is 19.3 Å². The molecule has 0 bridgehead atoms. The maximum atomic E-state index is 10.8. The Morgan fingerprint density at radius 1 is 0.900 bits per heavy atom. The van der Waals surface area contributed by atoms with Crippen LogP contribution in [0.15, 0.2) is 12.2 Å². The van der Waals surface area contributed by atoms with E-state index in [9.17, 15) is 9.59 Å². The molecular weight excluding hydrogens is 256 g/mol. The fourth-order valence-electron chi connectivity index (χ4n) is 2.02. The van der Waals surface area contributed by atoms with Crippen molar-refractivity contribution >= 4 is 11.9 Å². The first-order chi connectivity index (χ1) is 9.66. The van der Waals surface area contributed by atoms with Crippen LogP contribution < -0.4 is 0 Å². The molecule has 0 atom stereocenters. The Hall–Kier alpha value is -1.32. The Kier molecular flexibility index (Phi) is 13.2. The third-order valence-corrected chi connectivity index (χ3v) is 3.22. The molecule has 0 aliphatic rings. The first-order valence-electron chi connectivity index (χ1n) is 7.63. The van der Waals surface area contributed by atoms with E-state index in [1.807, 2.05) is 6.08 Å². The molecule has 0 aromatic rings. The van der Waals surface area contributed by atoms with Crippen molar-refractivity contribution in [2.45, 2.75) is 70.6 Å². The molecule has 0 aromatic carbocycles. The second-order valence-corrected chi connectivity index (χ2v) is 5.04. The van der Waals surface area contributed by atoms with Gasteiger partial charge in [-0.1, -0.05) is 51.0 Å². The number of ether oxygens (including phenoxy) is 1. The third-order valence-electron chi connectivity index (χ3n) is 3.22. The third kappa shape index (κ3) is 14.7. The molecule has 0 spiro atoms. The van der Waals surface area contributed by atoms with Crippen molar-refractivity contribution in [2.75, 3.05) is 7.11 Å². The smallest absolute Gasteiger partial charge is 0.330 e. The molecule has 116 valence electrons. The minimum absolute atomic E-state index is 0.284. The lowest BCUT2D eigenvalue weighted by Crippen LogP contribution is -1.93. The zero-order chi connectivity index (χ0) is 15.1. The monoisotopic (exact) mass is 284 g/mol. The minimum Gasteiger partial charge on any atom is -0.481 e. The quantitative estimate of drug-likeness (QED) is 0.314. The van der Waals surface area contributed by atoms with Gasteiger partial charge < -0.3 is 9.84 Å². The Labute approximate surface area is 122 Å². The molecule has 0 saturated heterocycles. The lowest BCUT2D eigenvalue weighted by Gasteiger charge is -2.01. The second-order valence-electron chi connectivity index (χ2n) is 5.04. The van der Waals surface area contributed by atoms with Gasteiger partial charge in [-0.15, -0.1) is 0 Å². The SMILES string of the molecule is COC(=O)C=CCCCCCCCCCCCC(=O)O. The predicted molar refractivity (Wildman–Crippen MR) is 79.6 cm³/mol. The van der Waals surface area contributed by atoms with E-state index in [-0.39, 0.29) is 5.97 Å². The summed E-state index contributed by atoms with van der Waals surface area (Å²) in [5.41, 5.74) is 0. The number of rotatable bonds is 13. The first-order valence-corrected chi connectivity index (χ1v) is 7.63. The van der Waals surface area contributed by atoms with Gasteiger partial charge in [-0.2, -0.15) is 0 Å². The molecule has 0 unspecified atom stereocenters. The van der Waals surface area contributed by atoms with Gasteiger partial charge in [0.05, 0.1) is 7.11 Å². The number of esters is 1. The van der Waals surface area contributed by atoms with Crippen LogP contribution in [0.4, 0.5) is 0 Å². The Morgan fingerprint density at radius 3 is 1.90 bits per heavy atom. The molecule has 0 saturated carbocycles. The second kappa shape index (κ2) is 14.1. The number of carbonyl (C=O) groups is 2. The van der Waals surface area contributed by atoms with Crippen molar-refractivity contribution in [3.8, 4) is 0 Å². The van der Waals surface area contributed by atoms with E-state index >= 15 is 0 Å². The standard InChI is InChI=1S/C16H28O4/c1-20-16(19)14-12-10-8-6-4-2-3-5-7-9-11-13-15(17)18/h12,14H,2-11,13H2,1H3,(H,17,18). The maximum Gasteiger partial charge on any atom is 0.330 e. The van der Waals surface area contributed by atoms with E-state index in [0.717, 1.165) is 32.1 Å². The molecule has 20 heavy (non-hydrogen) atoms. The number of aliphatic carboxylic acids is 1. The van der Waals surface area contributed by atoms with Gasteiger partial charge in [0.15, 0.2) is 0 Å². The lowest BCUT2D eigenvalue weighted by molar-refractivity contribution is -0.137. The van der Waals surface area contributed by atoms with Gasteiger partial charge in [0.2, 0.25) is 0 Å². The van der Waals surface area contributed by atoms with Crippen LogP contribution in [-0.4, -0.2) is 24.2 Å². The predicted octanol–water partition coefficient (Wildman–Crippen LogP) is 4.09. The summed E-state index contributed by atoms with van der Waals surface area (Å²) in [6.45, 7) is 0. The van der Waals surface area contributed by atoms with Crippen LogP contribution in [0.5, 0.6) is 0 Å². The molecule has 0 radical (unpaired) electrons. The summed E-state index contributed by atoms with van der Waals surface area (Å²) >= 11 is 0. The molecule has 0 aliphatic carbocycles. The summed E-state index contributed by atoms with van der Waals surface area (Å²) in [5.74, 6) is -0.973. The van der Waals surface area contributed by atoms with Crippen molar-refractivity contribution in [1.82, 2.24) is 0 Å². The van der Waals surface area contributed by atoms with E-state index in [1.165, 1.54) is 45.3 Å². The van der Waals surface area contributed by atoms with Crippen LogP contribution in [0.1, 0.15) is 70.6 Å². The summed E-state index contributed by atoms with van der Waals surface area (Å²) in [5, 5.41) is 8.49. The average Bonchev–Trinajstić information content (AvgIpc) is 2.43. The highest BCUT2D eigenvalue weighted by atomic mass is 16.5. The van der Waals surface area contributed by atoms with E-state index in [0.29, 0.717) is 6.42 Å². The number of hydrogen-bond acceptors (Lipinski definition) is 3. The van der Waals surface area contributed by atoms with Crippen LogP contribution in [0.25, 0.3) is 0 Å². The molecule has 0 aliphatic heterocycles. The molecule has 4 nitrogen and oxygen atoms in total. The van der Waals surface area contributed by atoms with Crippen LogP contribution >= 0.6 is 0 Å². The Balaban J connectivity index is 3.11. The van der Waals surface area contributed by atoms with E-state index in [4.69, 9.17) is 5.11 Å². The number of carbonyl (C=O) groups excluding carboxylic acids is 1. The number of unbranched alkanes of at least 4 members (excludes halogenated alkanes) is 9. The van der Waals surface area contributed by atoms with Gasteiger partial charge in [0.1, 0.15) is 0 Å². The number of hydrogen-bond donors (Lipinski definition) is 1. The topological polar surface area (TPSA) is 63.6 Å². The molecule has 0 aromatic heterocycles. The van der Waals surface area contributed by atoms with Gasteiger partial charge in [-0.3, -0.25) is 4.79 Å². The number of carboxylic acid groups (broad SMARTS) is 1. The highest BCUT2D eigenvalue weighted by Crippen LogP contribution is 2.11. The fourth-order valence-corrected chi connectivity index (χ4v) is 2.02. The number of methoxy groups -OCH3 is 1. The van der Waals surface area contributed by atoms with Gasteiger partial charge in [0, 0.05) is 12.5 Å². The molecule has 0 rings (SSSR count). The van der Waals surface area contributed by atoms with Gasteiger partial charge in [-0.25, -0.2) is 4.79 Å². The van der Waals surface area contributed by atoms with Crippen molar-refractivity contribution in [3.63, 3.8) is 0 Å².